The van der Waals surface area contributed by atoms with E-state index in [1.165, 1.54) is 27.3 Å². The number of benzene rings is 3. The van der Waals surface area contributed by atoms with Gasteiger partial charge in [-0.3, -0.25) is 4.90 Å². The van der Waals surface area contributed by atoms with Crippen molar-refractivity contribution < 1.29 is 0 Å². The second-order valence-corrected chi connectivity index (χ2v) is 7.59. The van der Waals surface area contributed by atoms with Crippen molar-refractivity contribution in [2.24, 2.45) is 0 Å². The first-order valence-electron chi connectivity index (χ1n) is 9.03. The van der Waals surface area contributed by atoms with E-state index in [1.54, 1.807) is 0 Å². The van der Waals surface area contributed by atoms with E-state index in [9.17, 15) is 0 Å². The van der Waals surface area contributed by atoms with Crippen molar-refractivity contribution in [1.82, 2.24) is 4.90 Å². The average Bonchev–Trinajstić information content (AvgIpc) is 2.68. The minimum atomic E-state index is 0.716. The predicted octanol–water partition coefficient (Wildman–Crippen LogP) is 4.82. The van der Waals surface area contributed by atoms with Gasteiger partial charge in [0.25, 0.3) is 0 Å². The van der Waals surface area contributed by atoms with Gasteiger partial charge < -0.3 is 0 Å². The molecule has 0 radical (unpaired) electrons. The third kappa shape index (κ3) is 4.78. The molecule has 0 spiro atoms. The number of nitrogens with zero attached hydrogens (tertiary/aromatic N) is 1. The summed E-state index contributed by atoms with van der Waals surface area (Å²) in [4.78, 5) is 2.46. The molecule has 0 aliphatic rings. The molecular weight excluding hydrogens is 321 g/mol. The molecule has 0 amide bonds. The molecule has 3 rings (SSSR count). The molecule has 128 valence electrons. The van der Waals surface area contributed by atoms with Crippen molar-refractivity contribution in [1.29, 1.82) is 0 Å². The van der Waals surface area contributed by atoms with E-state index in [0.29, 0.717) is 8.58 Å². The van der Waals surface area contributed by atoms with Crippen molar-refractivity contribution in [2.45, 2.75) is 20.4 Å². The molecule has 1 nitrogen and oxygen atoms in total. The maximum Gasteiger partial charge on any atom is 0.0239 e. The van der Waals surface area contributed by atoms with Gasteiger partial charge in [-0.15, -0.1) is 0 Å². The molecule has 3 aromatic carbocycles. The Kier molecular flexibility index (Phi) is 6.39. The van der Waals surface area contributed by atoms with Crippen LogP contribution in [0.3, 0.4) is 0 Å². The summed E-state index contributed by atoms with van der Waals surface area (Å²) in [7, 11) is 0.716. The second-order valence-electron chi connectivity index (χ2n) is 6.19. The lowest BCUT2D eigenvalue weighted by Crippen LogP contribution is -2.22. The molecular formula is C23H26NP. The number of rotatable bonds is 7. The van der Waals surface area contributed by atoms with Gasteiger partial charge in [0, 0.05) is 6.54 Å². The van der Waals surface area contributed by atoms with Crippen molar-refractivity contribution in [2.75, 3.05) is 13.1 Å². The quantitative estimate of drug-likeness (QED) is 0.554. The summed E-state index contributed by atoms with van der Waals surface area (Å²) in [6, 6.07) is 28.6. The Labute approximate surface area is 153 Å². The molecule has 2 heteroatoms. The van der Waals surface area contributed by atoms with E-state index in [-0.39, 0.29) is 0 Å². The molecule has 0 N–H and O–H groups in total. The first kappa shape index (κ1) is 17.9. The van der Waals surface area contributed by atoms with Gasteiger partial charge >= 0.3 is 0 Å². The summed E-state index contributed by atoms with van der Waals surface area (Å²) in [6.07, 6.45) is 0. The largest absolute Gasteiger partial charge is 0.300 e. The van der Waals surface area contributed by atoms with Crippen LogP contribution in [0.25, 0.3) is 11.1 Å². The summed E-state index contributed by atoms with van der Waals surface area (Å²) in [5.41, 5.74) is 4.07. The highest BCUT2D eigenvalue weighted by atomic mass is 31.1. The van der Waals surface area contributed by atoms with Gasteiger partial charge in [0.1, 0.15) is 0 Å². The van der Waals surface area contributed by atoms with Crippen molar-refractivity contribution >= 4 is 19.2 Å². The lowest BCUT2D eigenvalue weighted by atomic mass is 9.99. The van der Waals surface area contributed by atoms with Crippen LogP contribution in [0.2, 0.25) is 0 Å². The molecule has 1 atom stereocenters. The fraction of sp³-hybridized carbons (Fsp3) is 0.217. The molecule has 0 bridgehead atoms. The molecule has 0 heterocycles. The number of hydrogen-bond acceptors (Lipinski definition) is 1. The van der Waals surface area contributed by atoms with Crippen LogP contribution in [0.4, 0.5) is 0 Å². The van der Waals surface area contributed by atoms with Gasteiger partial charge in [-0.25, -0.2) is 0 Å². The Balaban J connectivity index is 1.80. The zero-order valence-corrected chi connectivity index (χ0v) is 16.1. The third-order valence-corrected chi connectivity index (χ3v) is 5.81. The van der Waals surface area contributed by atoms with E-state index >= 15 is 0 Å². The van der Waals surface area contributed by atoms with E-state index in [2.05, 4.69) is 97.6 Å². The summed E-state index contributed by atoms with van der Waals surface area (Å²) in [6.45, 7) is 7.64. The standard InChI is InChI=1S/C23H26NP/c1-3-24(4-2)18-20-10-8-9-13-23(20)19-14-16-22(17-15-19)25-21-11-6-5-7-12-21/h5-17,25H,3-4,18H2,1-2H3. The maximum absolute atomic E-state index is 2.46. The van der Waals surface area contributed by atoms with Crippen LogP contribution in [0.15, 0.2) is 78.9 Å². The second kappa shape index (κ2) is 8.94. The third-order valence-electron chi connectivity index (χ3n) is 4.56. The summed E-state index contributed by atoms with van der Waals surface area (Å²) >= 11 is 0. The molecule has 3 aromatic rings. The van der Waals surface area contributed by atoms with Crippen LogP contribution in [-0.4, -0.2) is 18.0 Å². The smallest absolute Gasteiger partial charge is 0.0239 e. The highest BCUT2D eigenvalue weighted by Crippen LogP contribution is 2.25. The van der Waals surface area contributed by atoms with Crippen LogP contribution in [0.5, 0.6) is 0 Å². The Morgan fingerprint density at radius 1 is 0.680 bits per heavy atom. The molecule has 0 fully saturated rings. The highest BCUT2D eigenvalue weighted by molar-refractivity contribution is 7.55. The van der Waals surface area contributed by atoms with Gasteiger partial charge in [-0.2, -0.15) is 0 Å². The van der Waals surface area contributed by atoms with Crippen LogP contribution >= 0.6 is 8.58 Å². The molecule has 1 unspecified atom stereocenters. The van der Waals surface area contributed by atoms with Crippen LogP contribution in [0, 0.1) is 0 Å². The van der Waals surface area contributed by atoms with Gasteiger partial charge in [0.05, 0.1) is 0 Å². The van der Waals surface area contributed by atoms with Crippen molar-refractivity contribution in [3.63, 3.8) is 0 Å². The first-order chi connectivity index (χ1) is 12.3. The Hall–Kier alpha value is -1.95. The summed E-state index contributed by atoms with van der Waals surface area (Å²) < 4.78 is 0. The van der Waals surface area contributed by atoms with Gasteiger partial charge in [-0.05, 0) is 40.4 Å². The SMILES string of the molecule is CCN(CC)Cc1ccccc1-c1ccc(Pc2ccccc2)cc1. The van der Waals surface area contributed by atoms with Crippen molar-refractivity contribution in [3.8, 4) is 11.1 Å². The highest BCUT2D eigenvalue weighted by Gasteiger charge is 2.08. The Morgan fingerprint density at radius 3 is 1.96 bits per heavy atom. The zero-order valence-electron chi connectivity index (χ0n) is 15.1. The van der Waals surface area contributed by atoms with Gasteiger partial charge in [0.15, 0.2) is 0 Å². The van der Waals surface area contributed by atoms with Crippen LogP contribution in [0.1, 0.15) is 19.4 Å². The molecule has 0 aromatic heterocycles. The zero-order chi connectivity index (χ0) is 17.5. The molecule has 0 aliphatic carbocycles. The van der Waals surface area contributed by atoms with Gasteiger partial charge in [-0.1, -0.05) is 101 Å². The molecule has 0 saturated carbocycles. The average molecular weight is 347 g/mol. The number of hydrogen-bond donors (Lipinski definition) is 0. The summed E-state index contributed by atoms with van der Waals surface area (Å²) in [5.74, 6) is 0. The Morgan fingerprint density at radius 2 is 1.28 bits per heavy atom. The fourth-order valence-corrected chi connectivity index (χ4v) is 4.07. The maximum atomic E-state index is 2.46. The van der Waals surface area contributed by atoms with Gasteiger partial charge in [0.2, 0.25) is 0 Å². The molecule has 0 saturated heterocycles. The predicted molar refractivity (Wildman–Crippen MR) is 113 cm³/mol. The van der Waals surface area contributed by atoms with E-state index < -0.39 is 0 Å². The minimum Gasteiger partial charge on any atom is -0.300 e. The lowest BCUT2D eigenvalue weighted by Gasteiger charge is -2.20. The normalized spacial score (nSPS) is 11.5. The Bertz CT molecular complexity index is 777. The monoisotopic (exact) mass is 347 g/mol. The first-order valence-corrected chi connectivity index (χ1v) is 10.0. The minimum absolute atomic E-state index is 0.716. The topological polar surface area (TPSA) is 3.24 Å². The van der Waals surface area contributed by atoms with E-state index in [4.69, 9.17) is 0 Å². The van der Waals surface area contributed by atoms with E-state index in [1.807, 2.05) is 0 Å². The van der Waals surface area contributed by atoms with Crippen LogP contribution in [-0.2, 0) is 6.54 Å². The fourth-order valence-electron chi connectivity index (χ4n) is 3.05. The van der Waals surface area contributed by atoms with Crippen LogP contribution < -0.4 is 10.6 Å². The van der Waals surface area contributed by atoms with E-state index in [0.717, 1.165) is 19.6 Å². The summed E-state index contributed by atoms with van der Waals surface area (Å²) in [5, 5.41) is 2.77. The lowest BCUT2D eigenvalue weighted by molar-refractivity contribution is 0.296. The molecule has 25 heavy (non-hydrogen) atoms. The van der Waals surface area contributed by atoms with Crippen molar-refractivity contribution in [3.05, 3.63) is 84.4 Å². The molecule has 0 aliphatic heterocycles.